The highest BCUT2D eigenvalue weighted by Crippen LogP contribution is 2.42. The monoisotopic (exact) mass is 321 g/mol. The van der Waals surface area contributed by atoms with Crippen LogP contribution in [0.1, 0.15) is 30.9 Å². The molecule has 0 aliphatic carbocycles. The molecular weight excluding hydrogens is 302 g/mol. The van der Waals surface area contributed by atoms with Gasteiger partial charge in [0.2, 0.25) is 11.0 Å². The first-order valence-electron chi connectivity index (χ1n) is 7.35. The zero-order valence-electron chi connectivity index (χ0n) is 12.7. The number of benzene rings is 1. The topological polar surface area (TPSA) is 55.8 Å². The molecule has 0 saturated carbocycles. The largest absolute Gasteiger partial charge is 0.493 e. The summed E-state index contributed by atoms with van der Waals surface area (Å²) in [6.07, 6.45) is 1.96. The molecule has 5 nitrogen and oxygen atoms in total. The number of methoxy groups -OCH3 is 2. The van der Waals surface area contributed by atoms with Gasteiger partial charge < -0.3 is 14.4 Å². The number of hydrogen-bond donors (Lipinski definition) is 0. The molecule has 2 fully saturated rings. The van der Waals surface area contributed by atoms with E-state index < -0.39 is 0 Å². The Morgan fingerprint density at radius 2 is 1.82 bits per heavy atom. The molecule has 6 heteroatoms. The minimum Gasteiger partial charge on any atom is -0.493 e. The molecular formula is C16H19NO4S. The lowest BCUT2D eigenvalue weighted by molar-refractivity contribution is -0.136. The van der Waals surface area contributed by atoms with Gasteiger partial charge in [-0.05, 0) is 30.5 Å². The molecule has 1 aromatic rings. The van der Waals surface area contributed by atoms with E-state index in [-0.39, 0.29) is 23.1 Å². The summed E-state index contributed by atoms with van der Waals surface area (Å²) in [5.74, 6) is 1.96. The van der Waals surface area contributed by atoms with Crippen molar-refractivity contribution in [3.05, 3.63) is 23.8 Å². The van der Waals surface area contributed by atoms with Crippen LogP contribution < -0.4 is 9.47 Å². The summed E-state index contributed by atoms with van der Waals surface area (Å²) in [6, 6.07) is 5.37. The normalized spacial score (nSPS) is 24.9. The van der Waals surface area contributed by atoms with Crippen molar-refractivity contribution in [2.75, 3.05) is 20.0 Å². The van der Waals surface area contributed by atoms with Crippen molar-refractivity contribution in [3.8, 4) is 11.5 Å². The van der Waals surface area contributed by atoms with Gasteiger partial charge in [-0.15, -0.1) is 0 Å². The van der Waals surface area contributed by atoms with Crippen LogP contribution in [0, 0.1) is 0 Å². The lowest BCUT2D eigenvalue weighted by atomic mass is 10.0. The van der Waals surface area contributed by atoms with Crippen molar-refractivity contribution in [1.29, 1.82) is 0 Å². The lowest BCUT2D eigenvalue weighted by Crippen LogP contribution is -2.39. The molecule has 2 aliphatic heterocycles. The zero-order valence-corrected chi connectivity index (χ0v) is 13.5. The molecule has 0 aromatic heterocycles. The predicted molar refractivity (Wildman–Crippen MR) is 84.2 cm³/mol. The van der Waals surface area contributed by atoms with E-state index in [1.807, 2.05) is 18.2 Å². The maximum Gasteiger partial charge on any atom is 0.224 e. The number of ether oxygens (including phenoxy) is 2. The Bertz CT molecular complexity index is 604. The Labute approximate surface area is 134 Å². The number of nitrogens with zero attached hydrogens (tertiary/aromatic N) is 1. The van der Waals surface area contributed by atoms with E-state index in [0.29, 0.717) is 23.7 Å². The average molecular weight is 321 g/mol. The summed E-state index contributed by atoms with van der Waals surface area (Å²) in [5.41, 5.74) is 0.994. The Morgan fingerprint density at radius 3 is 2.55 bits per heavy atom. The van der Waals surface area contributed by atoms with Crippen molar-refractivity contribution in [3.63, 3.8) is 0 Å². The summed E-state index contributed by atoms with van der Waals surface area (Å²) in [5, 5.41) is 0.119. The fraction of sp³-hybridized carbons (Fsp3) is 0.500. The van der Waals surface area contributed by atoms with Gasteiger partial charge in [0, 0.05) is 12.2 Å². The van der Waals surface area contributed by atoms with Gasteiger partial charge in [0.1, 0.15) is 6.04 Å². The second kappa shape index (κ2) is 6.20. The number of amides is 1. The molecule has 1 aromatic carbocycles. The Morgan fingerprint density at radius 1 is 1.09 bits per heavy atom. The van der Waals surface area contributed by atoms with Crippen LogP contribution in [0.25, 0.3) is 0 Å². The van der Waals surface area contributed by atoms with Crippen molar-refractivity contribution in [2.24, 2.45) is 0 Å². The van der Waals surface area contributed by atoms with Crippen LogP contribution in [0.3, 0.4) is 0 Å². The molecule has 2 aliphatic rings. The first-order chi connectivity index (χ1) is 10.7. The minimum absolute atomic E-state index is 0.0556. The van der Waals surface area contributed by atoms with E-state index in [4.69, 9.17) is 9.47 Å². The van der Waals surface area contributed by atoms with E-state index in [9.17, 15) is 9.59 Å². The van der Waals surface area contributed by atoms with Gasteiger partial charge in [-0.2, -0.15) is 0 Å². The van der Waals surface area contributed by atoms with Crippen molar-refractivity contribution >= 4 is 22.8 Å². The average Bonchev–Trinajstić information content (AvgIpc) is 2.93. The Hall–Kier alpha value is -1.69. The maximum atomic E-state index is 12.4. The molecule has 2 heterocycles. The quantitative estimate of drug-likeness (QED) is 0.855. The van der Waals surface area contributed by atoms with Gasteiger partial charge in [0.25, 0.3) is 0 Å². The van der Waals surface area contributed by atoms with Crippen molar-refractivity contribution in [1.82, 2.24) is 4.90 Å². The first-order valence-corrected chi connectivity index (χ1v) is 8.34. The van der Waals surface area contributed by atoms with Crippen LogP contribution in [0.4, 0.5) is 0 Å². The number of hydrogen-bond acceptors (Lipinski definition) is 5. The summed E-state index contributed by atoms with van der Waals surface area (Å²) in [4.78, 5) is 26.4. The van der Waals surface area contributed by atoms with Crippen LogP contribution in [0.5, 0.6) is 11.5 Å². The van der Waals surface area contributed by atoms with Crippen LogP contribution in [0.15, 0.2) is 18.2 Å². The van der Waals surface area contributed by atoms with Gasteiger partial charge in [0.05, 0.1) is 20.3 Å². The second-order valence-corrected chi connectivity index (χ2v) is 6.54. The van der Waals surface area contributed by atoms with Gasteiger partial charge in [-0.1, -0.05) is 17.8 Å². The van der Waals surface area contributed by atoms with Crippen LogP contribution in [-0.4, -0.2) is 41.9 Å². The number of carbonyl (C=O) groups is 2. The van der Waals surface area contributed by atoms with E-state index in [0.717, 1.165) is 18.4 Å². The third-order valence-corrected chi connectivity index (χ3v) is 5.26. The summed E-state index contributed by atoms with van der Waals surface area (Å²) in [7, 11) is 3.19. The number of rotatable bonds is 3. The minimum atomic E-state index is -0.280. The second-order valence-electron chi connectivity index (χ2n) is 5.44. The smallest absolute Gasteiger partial charge is 0.224 e. The standard InChI is InChI=1S/C16H19NO4S/c1-20-13-6-3-10(9-14(13)21-2)11-4-5-12-16(19)22-8-7-15(18)17(11)12/h3,6,9,11-12H,4-5,7-8H2,1-2H3/t11-,12+/m0/s1. The molecule has 2 atom stereocenters. The highest BCUT2D eigenvalue weighted by atomic mass is 32.2. The zero-order chi connectivity index (χ0) is 15.7. The lowest BCUT2D eigenvalue weighted by Gasteiger charge is -2.28. The predicted octanol–water partition coefficient (Wildman–Crippen LogP) is 2.40. The van der Waals surface area contributed by atoms with Gasteiger partial charge in [-0.3, -0.25) is 9.59 Å². The van der Waals surface area contributed by atoms with Crippen LogP contribution >= 0.6 is 11.8 Å². The van der Waals surface area contributed by atoms with Crippen molar-refractivity contribution in [2.45, 2.75) is 31.3 Å². The van der Waals surface area contributed by atoms with E-state index >= 15 is 0 Å². The molecule has 22 heavy (non-hydrogen) atoms. The van der Waals surface area contributed by atoms with Gasteiger partial charge in [0.15, 0.2) is 11.5 Å². The van der Waals surface area contributed by atoms with Crippen molar-refractivity contribution < 1.29 is 19.1 Å². The Kier molecular flexibility index (Phi) is 4.29. The van der Waals surface area contributed by atoms with Gasteiger partial charge in [-0.25, -0.2) is 0 Å². The summed E-state index contributed by atoms with van der Waals surface area (Å²) < 4.78 is 10.6. The molecule has 0 spiro atoms. The molecule has 0 N–H and O–H groups in total. The number of fused-ring (bicyclic) bond motifs is 1. The van der Waals surface area contributed by atoms with E-state index in [1.165, 1.54) is 11.8 Å². The third kappa shape index (κ3) is 2.56. The first kappa shape index (κ1) is 15.2. The molecule has 118 valence electrons. The van der Waals surface area contributed by atoms with E-state index in [2.05, 4.69) is 0 Å². The summed E-state index contributed by atoms with van der Waals surface area (Å²) >= 11 is 1.28. The molecule has 0 radical (unpaired) electrons. The Balaban J connectivity index is 1.94. The third-order valence-electron chi connectivity index (χ3n) is 4.30. The molecule has 1 amide bonds. The van der Waals surface area contributed by atoms with Crippen LogP contribution in [0.2, 0.25) is 0 Å². The highest BCUT2D eigenvalue weighted by molar-refractivity contribution is 8.13. The number of carbonyl (C=O) groups excluding carboxylic acids is 2. The van der Waals surface area contributed by atoms with Crippen LogP contribution in [-0.2, 0) is 9.59 Å². The van der Waals surface area contributed by atoms with Gasteiger partial charge >= 0.3 is 0 Å². The fourth-order valence-electron chi connectivity index (χ4n) is 3.24. The SMILES string of the molecule is COc1ccc([C@@H]2CC[C@@H]3C(=O)SCCC(=O)N32)cc1OC. The molecule has 3 rings (SSSR count). The molecule has 0 unspecified atom stereocenters. The number of thioether (sulfide) groups is 1. The molecule has 2 saturated heterocycles. The fourth-order valence-corrected chi connectivity index (χ4v) is 4.14. The maximum absolute atomic E-state index is 12.4. The summed E-state index contributed by atoms with van der Waals surface area (Å²) in [6.45, 7) is 0. The highest BCUT2D eigenvalue weighted by Gasteiger charge is 2.43. The van der Waals surface area contributed by atoms with E-state index in [1.54, 1.807) is 19.1 Å². The molecule has 0 bridgehead atoms.